The van der Waals surface area contributed by atoms with Crippen LogP contribution in [0.2, 0.25) is 0 Å². The summed E-state index contributed by atoms with van der Waals surface area (Å²) in [5.41, 5.74) is 4.02. The molecule has 98 valence electrons. The zero-order valence-corrected chi connectivity index (χ0v) is 11.5. The number of carbonyl (C=O) groups excluding carboxylic acids is 1. The van der Waals surface area contributed by atoms with E-state index in [2.05, 4.69) is 22.4 Å². The summed E-state index contributed by atoms with van der Waals surface area (Å²) in [6.07, 6.45) is 7.04. The Hall–Kier alpha value is -2.01. The Bertz CT molecular complexity index is 563. The molecule has 0 saturated carbocycles. The van der Waals surface area contributed by atoms with Crippen molar-refractivity contribution in [3.8, 4) is 0 Å². The van der Waals surface area contributed by atoms with Crippen molar-refractivity contribution in [3.63, 3.8) is 0 Å². The molecule has 4 nitrogen and oxygen atoms in total. The first-order valence-corrected chi connectivity index (χ1v) is 6.98. The second kappa shape index (κ2) is 6.80. The number of aryl methyl sites for hydroxylation is 1. The lowest BCUT2D eigenvalue weighted by Crippen LogP contribution is -2.16. The van der Waals surface area contributed by atoms with Gasteiger partial charge in [0.15, 0.2) is 0 Å². The predicted octanol–water partition coefficient (Wildman–Crippen LogP) is 2.86. The van der Waals surface area contributed by atoms with E-state index in [1.165, 1.54) is 4.88 Å². The maximum Gasteiger partial charge on any atom is 0.272 e. The van der Waals surface area contributed by atoms with Crippen LogP contribution >= 0.6 is 11.3 Å². The van der Waals surface area contributed by atoms with Crippen LogP contribution in [0.15, 0.2) is 41.1 Å². The molecule has 0 aliphatic heterocycles. The lowest BCUT2D eigenvalue weighted by molar-refractivity contribution is 0.0955. The molecule has 0 atom stereocenters. The number of thiophene rings is 1. The number of nitrogens with one attached hydrogen (secondary N) is 1. The highest BCUT2D eigenvalue weighted by atomic mass is 32.1. The zero-order chi connectivity index (χ0) is 13.5. The molecule has 0 aliphatic carbocycles. The predicted molar refractivity (Wildman–Crippen MR) is 77.6 cm³/mol. The van der Waals surface area contributed by atoms with Gasteiger partial charge in [0.05, 0.1) is 11.8 Å². The second-order valence-corrected chi connectivity index (χ2v) is 5.03. The largest absolute Gasteiger partial charge is 0.272 e. The first-order chi connectivity index (χ1) is 9.29. The van der Waals surface area contributed by atoms with Gasteiger partial charge in [0.1, 0.15) is 0 Å². The van der Waals surface area contributed by atoms with Crippen LogP contribution in [0.25, 0.3) is 0 Å². The van der Waals surface area contributed by atoms with Crippen LogP contribution in [-0.4, -0.2) is 17.1 Å². The molecule has 0 spiro atoms. The van der Waals surface area contributed by atoms with Gasteiger partial charge in [-0.25, -0.2) is 5.43 Å². The third kappa shape index (κ3) is 3.99. The fraction of sp³-hybridized carbons (Fsp3) is 0.214. The van der Waals surface area contributed by atoms with E-state index in [1.807, 2.05) is 23.6 Å². The number of hydrogen-bond donors (Lipinski definition) is 1. The molecule has 5 heteroatoms. The highest BCUT2D eigenvalue weighted by molar-refractivity contribution is 7.10. The molecule has 1 N–H and O–H groups in total. The maximum absolute atomic E-state index is 11.8. The highest BCUT2D eigenvalue weighted by Gasteiger charge is 2.07. The molecule has 0 bridgehead atoms. The standard InChI is InChI=1S/C14H15N3OS/c1-2-4-13-7-12(10-19-13)14(18)17-16-9-11-5-3-6-15-8-11/h3,5-10H,2,4H2,1H3,(H,17,18)/b16-9-. The van der Waals surface area contributed by atoms with Crippen molar-refractivity contribution >= 4 is 23.5 Å². The van der Waals surface area contributed by atoms with Crippen molar-refractivity contribution < 1.29 is 4.79 Å². The minimum Gasteiger partial charge on any atom is -0.267 e. The van der Waals surface area contributed by atoms with E-state index in [4.69, 9.17) is 0 Å². The summed E-state index contributed by atoms with van der Waals surface area (Å²) in [6, 6.07) is 5.61. The Labute approximate surface area is 116 Å². The SMILES string of the molecule is CCCc1cc(C(=O)N/N=C\c2cccnc2)cs1. The van der Waals surface area contributed by atoms with E-state index < -0.39 is 0 Å². The molecule has 0 aromatic carbocycles. The maximum atomic E-state index is 11.8. The Morgan fingerprint density at radius 1 is 1.58 bits per heavy atom. The fourth-order valence-electron chi connectivity index (χ4n) is 1.56. The lowest BCUT2D eigenvalue weighted by Gasteiger charge is -1.96. The first-order valence-electron chi connectivity index (χ1n) is 6.10. The van der Waals surface area contributed by atoms with Crippen molar-refractivity contribution in [1.82, 2.24) is 10.4 Å². The molecule has 2 aromatic rings. The monoisotopic (exact) mass is 273 g/mol. The van der Waals surface area contributed by atoms with Gasteiger partial charge < -0.3 is 0 Å². The minimum atomic E-state index is -0.182. The third-order valence-electron chi connectivity index (χ3n) is 2.48. The summed E-state index contributed by atoms with van der Waals surface area (Å²) < 4.78 is 0. The molecule has 0 unspecified atom stereocenters. The molecule has 19 heavy (non-hydrogen) atoms. The number of aromatic nitrogens is 1. The van der Waals surface area contributed by atoms with Crippen LogP contribution in [0.4, 0.5) is 0 Å². The van der Waals surface area contributed by atoms with E-state index in [0.29, 0.717) is 5.56 Å². The molecule has 2 aromatic heterocycles. The molecule has 1 amide bonds. The van der Waals surface area contributed by atoms with Gasteiger partial charge in [-0.15, -0.1) is 11.3 Å². The van der Waals surface area contributed by atoms with E-state index in [1.54, 1.807) is 29.9 Å². The van der Waals surface area contributed by atoms with Crippen LogP contribution in [0.1, 0.15) is 34.1 Å². The summed E-state index contributed by atoms with van der Waals surface area (Å²) in [6.45, 7) is 2.12. The van der Waals surface area contributed by atoms with Gasteiger partial charge in [-0.2, -0.15) is 5.10 Å². The van der Waals surface area contributed by atoms with Crippen molar-refractivity contribution in [1.29, 1.82) is 0 Å². The number of carbonyl (C=O) groups is 1. The Morgan fingerprint density at radius 3 is 3.21 bits per heavy atom. The number of amides is 1. The summed E-state index contributed by atoms with van der Waals surface area (Å²) in [5, 5.41) is 5.77. The fourth-order valence-corrected chi connectivity index (χ4v) is 2.53. The molecule has 0 radical (unpaired) electrons. The number of rotatable bonds is 5. The van der Waals surface area contributed by atoms with Gasteiger partial charge in [-0.05, 0) is 18.6 Å². The molecule has 2 rings (SSSR count). The molecule has 0 aliphatic rings. The Balaban J connectivity index is 1.92. The summed E-state index contributed by atoms with van der Waals surface area (Å²) in [4.78, 5) is 17.0. The van der Waals surface area contributed by atoms with Crippen LogP contribution in [-0.2, 0) is 6.42 Å². The molecule has 0 saturated heterocycles. The highest BCUT2D eigenvalue weighted by Crippen LogP contribution is 2.16. The quantitative estimate of drug-likeness (QED) is 0.672. The van der Waals surface area contributed by atoms with Gasteiger partial charge in [0.25, 0.3) is 5.91 Å². The average Bonchev–Trinajstić information content (AvgIpc) is 2.89. The van der Waals surface area contributed by atoms with E-state index in [-0.39, 0.29) is 5.91 Å². The minimum absolute atomic E-state index is 0.182. The molecular weight excluding hydrogens is 258 g/mol. The smallest absolute Gasteiger partial charge is 0.267 e. The van der Waals surface area contributed by atoms with E-state index in [0.717, 1.165) is 18.4 Å². The van der Waals surface area contributed by atoms with Crippen LogP contribution in [0.5, 0.6) is 0 Å². The second-order valence-electron chi connectivity index (χ2n) is 4.04. The lowest BCUT2D eigenvalue weighted by atomic mass is 10.2. The Kier molecular flexibility index (Phi) is 4.80. The topological polar surface area (TPSA) is 54.4 Å². The third-order valence-corrected chi connectivity index (χ3v) is 3.47. The molecule has 0 fully saturated rings. The summed E-state index contributed by atoms with van der Waals surface area (Å²) in [7, 11) is 0. The molecule has 2 heterocycles. The van der Waals surface area contributed by atoms with Gasteiger partial charge in [-0.3, -0.25) is 9.78 Å². The Morgan fingerprint density at radius 2 is 2.47 bits per heavy atom. The van der Waals surface area contributed by atoms with E-state index >= 15 is 0 Å². The normalized spacial score (nSPS) is 10.8. The number of hydrogen-bond acceptors (Lipinski definition) is 4. The first kappa shape index (κ1) is 13.4. The number of nitrogens with zero attached hydrogens (tertiary/aromatic N) is 2. The van der Waals surface area contributed by atoms with Gasteiger partial charge >= 0.3 is 0 Å². The van der Waals surface area contributed by atoms with Crippen molar-refractivity contribution in [2.75, 3.05) is 0 Å². The van der Waals surface area contributed by atoms with Crippen molar-refractivity contribution in [2.24, 2.45) is 5.10 Å². The number of pyridine rings is 1. The van der Waals surface area contributed by atoms with Crippen molar-refractivity contribution in [2.45, 2.75) is 19.8 Å². The summed E-state index contributed by atoms with van der Waals surface area (Å²) >= 11 is 1.61. The van der Waals surface area contributed by atoms with Crippen LogP contribution in [0, 0.1) is 0 Å². The van der Waals surface area contributed by atoms with Gasteiger partial charge in [0.2, 0.25) is 0 Å². The van der Waals surface area contributed by atoms with Crippen LogP contribution in [0.3, 0.4) is 0 Å². The van der Waals surface area contributed by atoms with Crippen LogP contribution < -0.4 is 5.43 Å². The zero-order valence-electron chi connectivity index (χ0n) is 10.7. The van der Waals surface area contributed by atoms with E-state index in [9.17, 15) is 4.79 Å². The number of hydrazone groups is 1. The van der Waals surface area contributed by atoms with Gasteiger partial charge in [0, 0.05) is 28.2 Å². The average molecular weight is 273 g/mol. The summed E-state index contributed by atoms with van der Waals surface area (Å²) in [5.74, 6) is -0.182. The van der Waals surface area contributed by atoms with Crippen molar-refractivity contribution in [3.05, 3.63) is 52.0 Å². The van der Waals surface area contributed by atoms with Gasteiger partial charge in [-0.1, -0.05) is 19.4 Å². The molecular formula is C14H15N3OS.